The van der Waals surface area contributed by atoms with Crippen LogP contribution in [0.2, 0.25) is 0 Å². The zero-order chi connectivity index (χ0) is 18.7. The summed E-state index contributed by atoms with van der Waals surface area (Å²) in [5, 5.41) is 4.46. The average Bonchev–Trinajstić information content (AvgIpc) is 3.14. The molecule has 2 aromatic rings. The van der Waals surface area contributed by atoms with Crippen molar-refractivity contribution in [1.29, 1.82) is 0 Å². The molecule has 0 aliphatic carbocycles. The Kier molecular flexibility index (Phi) is 5.79. The van der Waals surface area contributed by atoms with E-state index < -0.39 is 0 Å². The first-order valence-electron chi connectivity index (χ1n) is 9.72. The van der Waals surface area contributed by atoms with Crippen molar-refractivity contribution in [3.8, 4) is 0 Å². The molecule has 0 N–H and O–H groups in total. The number of likely N-dealkylation sites (tertiary alicyclic amines) is 1. The van der Waals surface area contributed by atoms with Crippen molar-refractivity contribution in [3.05, 3.63) is 35.2 Å². The van der Waals surface area contributed by atoms with E-state index in [-0.39, 0.29) is 5.91 Å². The number of imidazole rings is 1. The molecule has 1 aliphatic heterocycles. The molecule has 3 heterocycles. The predicted molar refractivity (Wildman–Crippen MR) is 102 cm³/mol. The minimum absolute atomic E-state index is 0.289. The highest BCUT2D eigenvalue weighted by atomic mass is 16.2. The second-order valence-electron chi connectivity index (χ2n) is 7.50. The molecular formula is C20H31N5O. The lowest BCUT2D eigenvalue weighted by Gasteiger charge is -2.36. The molecule has 0 bridgehead atoms. The molecule has 0 spiro atoms. The van der Waals surface area contributed by atoms with Crippen LogP contribution in [0.25, 0.3) is 0 Å². The van der Waals surface area contributed by atoms with Crippen molar-refractivity contribution >= 4 is 5.91 Å². The Hall–Kier alpha value is -2.11. The monoisotopic (exact) mass is 357 g/mol. The Labute approximate surface area is 156 Å². The van der Waals surface area contributed by atoms with Crippen LogP contribution in [0.3, 0.4) is 0 Å². The Morgan fingerprint density at radius 1 is 1.23 bits per heavy atom. The number of carbonyl (C=O) groups is 1. The molecule has 0 aromatic carbocycles. The van der Waals surface area contributed by atoms with Gasteiger partial charge < -0.3 is 9.47 Å². The number of carbonyl (C=O) groups excluding carboxylic acids is 1. The van der Waals surface area contributed by atoms with Crippen LogP contribution in [0.5, 0.6) is 0 Å². The maximum Gasteiger partial charge on any atom is 0.223 e. The Balaban J connectivity index is 1.59. The number of rotatable bonds is 6. The van der Waals surface area contributed by atoms with Gasteiger partial charge in [-0.05, 0) is 51.5 Å². The maximum absolute atomic E-state index is 12.9. The Morgan fingerprint density at radius 2 is 2.04 bits per heavy atom. The van der Waals surface area contributed by atoms with Crippen LogP contribution >= 0.6 is 0 Å². The smallest absolute Gasteiger partial charge is 0.223 e. The lowest BCUT2D eigenvalue weighted by molar-refractivity contribution is -0.135. The largest absolute Gasteiger partial charge is 0.340 e. The van der Waals surface area contributed by atoms with E-state index in [0.29, 0.717) is 12.5 Å². The van der Waals surface area contributed by atoms with Crippen LogP contribution in [-0.4, -0.2) is 42.7 Å². The summed E-state index contributed by atoms with van der Waals surface area (Å²) < 4.78 is 3.98. The number of aromatic nitrogens is 4. The van der Waals surface area contributed by atoms with E-state index in [1.54, 1.807) is 0 Å². The van der Waals surface area contributed by atoms with Gasteiger partial charge in [0, 0.05) is 57.6 Å². The van der Waals surface area contributed by atoms with Gasteiger partial charge in [-0.15, -0.1) is 0 Å². The van der Waals surface area contributed by atoms with Crippen molar-refractivity contribution in [3.63, 3.8) is 0 Å². The van der Waals surface area contributed by atoms with Gasteiger partial charge in [-0.2, -0.15) is 5.10 Å². The van der Waals surface area contributed by atoms with E-state index in [0.717, 1.165) is 50.2 Å². The molecular weight excluding hydrogens is 326 g/mol. The van der Waals surface area contributed by atoms with Gasteiger partial charge in [0.1, 0.15) is 5.82 Å². The van der Waals surface area contributed by atoms with Gasteiger partial charge in [-0.25, -0.2) is 4.98 Å². The zero-order valence-corrected chi connectivity index (χ0v) is 16.5. The average molecular weight is 358 g/mol. The van der Waals surface area contributed by atoms with Crippen LogP contribution < -0.4 is 0 Å². The van der Waals surface area contributed by atoms with Crippen molar-refractivity contribution in [2.75, 3.05) is 6.54 Å². The molecule has 6 heteroatoms. The summed E-state index contributed by atoms with van der Waals surface area (Å²) in [4.78, 5) is 19.5. The predicted octanol–water partition coefficient (Wildman–Crippen LogP) is 2.72. The third kappa shape index (κ3) is 4.00. The molecule has 1 atom stereocenters. The molecule has 0 radical (unpaired) electrons. The summed E-state index contributed by atoms with van der Waals surface area (Å²) >= 11 is 0. The fourth-order valence-corrected chi connectivity index (χ4v) is 4.12. The highest BCUT2D eigenvalue weighted by molar-refractivity contribution is 5.77. The minimum atomic E-state index is 0.289. The van der Waals surface area contributed by atoms with E-state index >= 15 is 0 Å². The quantitative estimate of drug-likeness (QED) is 0.799. The molecule has 2 aromatic heterocycles. The van der Waals surface area contributed by atoms with E-state index in [1.807, 2.05) is 38.1 Å². The maximum atomic E-state index is 12.9. The van der Waals surface area contributed by atoms with Gasteiger partial charge in [-0.1, -0.05) is 0 Å². The lowest BCUT2D eigenvalue weighted by Crippen LogP contribution is -2.44. The fourth-order valence-electron chi connectivity index (χ4n) is 4.12. The SMILES string of the molecule is Cc1nn(C)c(C)c1CCC(=O)N1CCCC[C@@H]1CCc1nccn1C. The zero-order valence-electron chi connectivity index (χ0n) is 16.5. The van der Waals surface area contributed by atoms with E-state index in [9.17, 15) is 4.79 Å². The highest BCUT2D eigenvalue weighted by Crippen LogP contribution is 2.23. The van der Waals surface area contributed by atoms with Gasteiger partial charge in [0.2, 0.25) is 5.91 Å². The topological polar surface area (TPSA) is 56.0 Å². The summed E-state index contributed by atoms with van der Waals surface area (Å²) in [6, 6.07) is 0.351. The molecule has 1 amide bonds. The third-order valence-electron chi connectivity index (χ3n) is 5.82. The van der Waals surface area contributed by atoms with Crippen LogP contribution in [0.4, 0.5) is 0 Å². The van der Waals surface area contributed by atoms with E-state index in [4.69, 9.17) is 0 Å². The Bertz CT molecular complexity index is 760. The lowest BCUT2D eigenvalue weighted by atomic mass is 9.96. The number of amides is 1. The summed E-state index contributed by atoms with van der Waals surface area (Å²) in [7, 11) is 4.00. The number of piperidine rings is 1. The molecule has 26 heavy (non-hydrogen) atoms. The van der Waals surface area contributed by atoms with E-state index in [1.165, 1.54) is 17.7 Å². The molecule has 142 valence electrons. The Morgan fingerprint density at radius 3 is 2.69 bits per heavy atom. The number of aryl methyl sites for hydroxylation is 4. The first-order chi connectivity index (χ1) is 12.5. The van der Waals surface area contributed by atoms with Crippen molar-refractivity contribution in [2.24, 2.45) is 14.1 Å². The van der Waals surface area contributed by atoms with Gasteiger partial charge in [0.25, 0.3) is 0 Å². The molecule has 1 fully saturated rings. The first-order valence-corrected chi connectivity index (χ1v) is 9.72. The van der Waals surface area contributed by atoms with Gasteiger partial charge in [-0.3, -0.25) is 9.48 Å². The van der Waals surface area contributed by atoms with Crippen molar-refractivity contribution in [2.45, 2.75) is 64.8 Å². The summed E-state index contributed by atoms with van der Waals surface area (Å²) in [6.45, 7) is 5.01. The molecule has 0 saturated carbocycles. The molecule has 6 nitrogen and oxygen atoms in total. The normalized spacial score (nSPS) is 17.7. The molecule has 1 aliphatic rings. The second kappa shape index (κ2) is 8.06. The van der Waals surface area contributed by atoms with Gasteiger partial charge in [0.05, 0.1) is 5.69 Å². The summed E-state index contributed by atoms with van der Waals surface area (Å²) in [5.41, 5.74) is 3.44. The second-order valence-corrected chi connectivity index (χ2v) is 7.50. The number of hydrogen-bond acceptors (Lipinski definition) is 3. The standard InChI is InChI=1S/C20H31N5O/c1-15-18(16(2)24(4)22-15)9-11-20(26)25-13-6-5-7-17(25)8-10-19-21-12-14-23(19)3/h12,14,17H,5-11,13H2,1-4H3/t17-/m1/s1. The van der Waals surface area contributed by atoms with Gasteiger partial charge in [0.15, 0.2) is 0 Å². The van der Waals surface area contributed by atoms with Crippen LogP contribution in [0.15, 0.2) is 12.4 Å². The minimum Gasteiger partial charge on any atom is -0.340 e. The van der Waals surface area contributed by atoms with Crippen LogP contribution in [-0.2, 0) is 31.7 Å². The summed E-state index contributed by atoms with van der Waals surface area (Å²) in [6.07, 6.45) is 10.6. The van der Waals surface area contributed by atoms with Crippen LogP contribution in [0, 0.1) is 13.8 Å². The summed E-state index contributed by atoms with van der Waals surface area (Å²) in [5.74, 6) is 1.39. The number of nitrogens with zero attached hydrogens (tertiary/aromatic N) is 5. The highest BCUT2D eigenvalue weighted by Gasteiger charge is 2.26. The first kappa shape index (κ1) is 18.7. The third-order valence-corrected chi connectivity index (χ3v) is 5.82. The fraction of sp³-hybridized carbons (Fsp3) is 0.650. The molecule has 0 unspecified atom stereocenters. The number of hydrogen-bond donors (Lipinski definition) is 0. The van der Waals surface area contributed by atoms with Crippen molar-refractivity contribution < 1.29 is 4.79 Å². The molecule has 3 rings (SSSR count). The van der Waals surface area contributed by atoms with Crippen molar-refractivity contribution in [1.82, 2.24) is 24.2 Å². The molecule has 1 saturated heterocycles. The van der Waals surface area contributed by atoms with Crippen LogP contribution in [0.1, 0.15) is 54.9 Å². The van der Waals surface area contributed by atoms with E-state index in [2.05, 4.69) is 26.5 Å². The van der Waals surface area contributed by atoms with Gasteiger partial charge >= 0.3 is 0 Å².